The molecule has 3 aromatic carbocycles. The summed E-state index contributed by atoms with van der Waals surface area (Å²) in [5.41, 5.74) is 6.53. The minimum Gasteiger partial charge on any atom is -0.494 e. The number of ketones is 1. The van der Waals surface area contributed by atoms with Gasteiger partial charge in [0.2, 0.25) is 17.8 Å². The van der Waals surface area contributed by atoms with Crippen LogP contribution in [-0.2, 0) is 18.9 Å². The molecule has 2 aliphatic rings. The number of likely N-dealkylation sites (tertiary alicyclic amines) is 1. The maximum absolute atomic E-state index is 14.2. The topological polar surface area (TPSA) is 182 Å². The molecule has 0 spiro atoms. The monoisotopic (exact) mass is 1050 g/mol. The molecule has 4 N–H and O–H groups in total. The molecule has 2 aliphatic heterocycles. The zero-order valence-corrected chi connectivity index (χ0v) is 46.1. The third-order valence-electron chi connectivity index (χ3n) is 13.9. The summed E-state index contributed by atoms with van der Waals surface area (Å²) in [6, 6.07) is 19.8. The van der Waals surface area contributed by atoms with Crippen molar-refractivity contribution < 1.29 is 28.8 Å². The summed E-state index contributed by atoms with van der Waals surface area (Å²) in [5, 5.41) is 21.3. The van der Waals surface area contributed by atoms with E-state index in [0.717, 1.165) is 98.6 Å². The number of thiazole rings is 1. The van der Waals surface area contributed by atoms with Gasteiger partial charge in [0.1, 0.15) is 24.0 Å². The molecule has 73 heavy (non-hydrogen) atoms. The summed E-state index contributed by atoms with van der Waals surface area (Å²) in [6.45, 7) is 17.9. The largest absolute Gasteiger partial charge is 0.494 e. The molecule has 0 bridgehead atoms. The Kier molecular flexibility index (Phi) is 18.8. The molecule has 0 saturated carbocycles. The van der Waals surface area contributed by atoms with E-state index < -0.39 is 36.7 Å². The molecule has 2 saturated heterocycles. The quantitative estimate of drug-likeness (QED) is 0.0380. The highest BCUT2D eigenvalue weighted by Crippen LogP contribution is 2.39. The van der Waals surface area contributed by atoms with Gasteiger partial charge in [-0.05, 0) is 80.4 Å². The second-order valence-corrected chi connectivity index (χ2v) is 25.3. The highest BCUT2D eigenvalue weighted by Gasteiger charge is 2.45. The van der Waals surface area contributed by atoms with E-state index in [1.165, 1.54) is 11.1 Å². The molecule has 4 atom stereocenters. The van der Waals surface area contributed by atoms with Crippen molar-refractivity contribution >= 4 is 81.8 Å². The number of aliphatic hydroxyl groups is 1. The van der Waals surface area contributed by atoms with Crippen LogP contribution < -0.4 is 30.9 Å². The van der Waals surface area contributed by atoms with Gasteiger partial charge in [0, 0.05) is 68.5 Å². The molecule has 2 amide bonds. The van der Waals surface area contributed by atoms with Crippen LogP contribution in [0.1, 0.15) is 96.2 Å². The van der Waals surface area contributed by atoms with Gasteiger partial charge in [-0.2, -0.15) is 4.98 Å². The number of carbonyl (C=O) groups excluding carboxylic acids is 3. The average molecular weight is 1050 g/mol. The van der Waals surface area contributed by atoms with E-state index in [0.29, 0.717) is 45.6 Å². The van der Waals surface area contributed by atoms with Gasteiger partial charge in [0.05, 0.1) is 52.9 Å². The van der Waals surface area contributed by atoms with Crippen LogP contribution in [0.5, 0.6) is 5.75 Å². The number of piperazine rings is 1. The predicted molar refractivity (Wildman–Crippen MR) is 296 cm³/mol. The molecule has 0 radical (unpaired) electrons. The zero-order valence-electron chi connectivity index (χ0n) is 43.6. The van der Waals surface area contributed by atoms with E-state index in [1.807, 2.05) is 101 Å². The van der Waals surface area contributed by atoms with Crippen LogP contribution in [0.2, 0.25) is 5.02 Å². The van der Waals surface area contributed by atoms with Gasteiger partial charge in [0.25, 0.3) is 0 Å². The molecular weight excluding hydrogens is 981 g/mol. The number of aliphatic hydroxyl groups excluding tert-OH is 1. The van der Waals surface area contributed by atoms with E-state index in [1.54, 1.807) is 31.8 Å². The van der Waals surface area contributed by atoms with Crippen LogP contribution in [-0.4, -0.2) is 125 Å². The number of benzene rings is 3. The SMILES string of the molecule is COc1cc(N2CCN(CCCCCCCCC(=O)N[C@H](C(=O)N3C[C@H](O)C[C@H]3C(=O)[C@@H](C)c3ccc(-c4scnc4C)cc3)C(C)(C)C)CC2)ccc1Nc1ncc(Cl)c(Nc2ccccc2P(C)(C)=O)n1. The highest BCUT2D eigenvalue weighted by atomic mass is 35.5. The first-order valence-corrected chi connectivity index (χ1v) is 29.3. The van der Waals surface area contributed by atoms with Crippen LogP contribution in [0.3, 0.4) is 0 Å². The Bertz CT molecular complexity index is 2740. The number of ether oxygens (including phenoxy) is 1. The van der Waals surface area contributed by atoms with Crippen molar-refractivity contribution in [2.45, 2.75) is 110 Å². The summed E-state index contributed by atoms with van der Waals surface area (Å²) in [4.78, 5) is 62.4. The molecule has 392 valence electrons. The van der Waals surface area contributed by atoms with E-state index in [-0.39, 0.29) is 30.6 Å². The maximum atomic E-state index is 14.2. The summed E-state index contributed by atoms with van der Waals surface area (Å²) >= 11 is 8.07. The van der Waals surface area contributed by atoms with E-state index in [2.05, 4.69) is 46.8 Å². The number of Topliss-reactive ketones (excluding diaryl/α,β-unsaturated/α-hetero) is 1. The fourth-order valence-corrected chi connectivity index (χ4v) is 11.8. The Morgan fingerprint density at radius 1 is 0.918 bits per heavy atom. The summed E-state index contributed by atoms with van der Waals surface area (Å²) in [6.07, 6.45) is 7.24. The predicted octanol–water partition coefficient (Wildman–Crippen LogP) is 10.0. The van der Waals surface area contributed by atoms with Crippen LogP contribution in [0.25, 0.3) is 10.4 Å². The number of halogens is 1. The number of methoxy groups -OCH3 is 1. The molecule has 18 heteroatoms. The Balaban J connectivity index is 0.802. The molecule has 2 aromatic heterocycles. The van der Waals surface area contributed by atoms with Crippen molar-refractivity contribution in [3.8, 4) is 16.2 Å². The number of unbranched alkanes of at least 4 members (excludes halogenated alkanes) is 5. The number of aryl methyl sites for hydroxylation is 1. The number of nitrogens with zero attached hydrogens (tertiary/aromatic N) is 6. The van der Waals surface area contributed by atoms with Gasteiger partial charge < -0.3 is 40.2 Å². The fraction of sp³-hybridized carbons (Fsp3) is 0.491. The van der Waals surface area contributed by atoms with E-state index in [4.69, 9.17) is 16.3 Å². The van der Waals surface area contributed by atoms with Crippen molar-refractivity contribution in [1.82, 2.24) is 30.1 Å². The second-order valence-electron chi connectivity index (χ2n) is 20.9. The number of anilines is 5. The van der Waals surface area contributed by atoms with Gasteiger partial charge in [-0.25, -0.2) is 9.97 Å². The molecule has 5 aromatic rings. The lowest BCUT2D eigenvalue weighted by Crippen LogP contribution is -2.57. The lowest BCUT2D eigenvalue weighted by molar-refractivity contribution is -0.143. The van der Waals surface area contributed by atoms with Crippen molar-refractivity contribution in [3.05, 3.63) is 94.7 Å². The number of para-hydroxylation sites is 1. The number of aromatic nitrogens is 3. The number of hydrogen-bond donors (Lipinski definition) is 4. The Morgan fingerprint density at radius 2 is 1.62 bits per heavy atom. The average Bonchev–Trinajstić information content (AvgIpc) is 3.99. The standard InChI is InChI=1S/C55H73ClN9O6PS/c1-36(38-20-22-39(23-21-38)50-37(2)58-35-73-50)49(68)45-32-41(66)34-65(45)53(69)51(55(3,4)5)61-48(67)19-13-11-9-10-12-16-26-63-27-29-64(30-28-63)40-24-25-43(46(31-40)71-6)60-54-57-33-42(56)52(62-54)59-44-17-14-15-18-47(44)72(7,8)70/h14-15,17-18,20-25,31,33,35-36,41,45,51,66H,9-13,16,19,26-30,32,34H2,1-8H3,(H,61,67)(H2,57,59,60,62)/t36-,41+,45-,51+/m0/s1. The third-order valence-corrected chi connectivity index (χ3v) is 16.7. The van der Waals surface area contributed by atoms with Crippen molar-refractivity contribution in [2.24, 2.45) is 5.41 Å². The first-order chi connectivity index (χ1) is 34.8. The normalized spacial score (nSPS) is 17.3. The molecule has 0 aliphatic carbocycles. The van der Waals surface area contributed by atoms with Crippen molar-refractivity contribution in [3.63, 3.8) is 0 Å². The minimum atomic E-state index is -2.56. The van der Waals surface area contributed by atoms with Crippen molar-refractivity contribution in [2.75, 3.05) is 75.2 Å². The maximum Gasteiger partial charge on any atom is 0.246 e. The number of β-amino-alcohol motifs (C(OH)–C–C–N with tert-alkyl or cyclic N) is 1. The summed E-state index contributed by atoms with van der Waals surface area (Å²) in [7, 11) is -0.914. The van der Waals surface area contributed by atoms with Crippen molar-refractivity contribution in [1.29, 1.82) is 0 Å². The molecule has 4 heterocycles. The van der Waals surface area contributed by atoms with Crippen LogP contribution >= 0.6 is 30.1 Å². The summed E-state index contributed by atoms with van der Waals surface area (Å²) in [5.74, 6) is 0.284. The third kappa shape index (κ3) is 14.5. The van der Waals surface area contributed by atoms with Gasteiger partial charge in [-0.15, -0.1) is 11.3 Å². The van der Waals surface area contributed by atoms with Gasteiger partial charge in [-0.1, -0.05) is 101 Å². The smallest absolute Gasteiger partial charge is 0.246 e. The molecule has 0 unspecified atom stereocenters. The van der Waals surface area contributed by atoms with Gasteiger partial charge in [-0.3, -0.25) is 19.3 Å². The molecular formula is C55H73ClN9O6PS. The molecule has 2 fully saturated rings. The number of amides is 2. The molecule has 7 rings (SSSR count). The van der Waals surface area contributed by atoms with Crippen LogP contribution in [0, 0.1) is 12.3 Å². The molecule has 15 nitrogen and oxygen atoms in total. The zero-order chi connectivity index (χ0) is 52.5. The first kappa shape index (κ1) is 55.4. The Labute approximate surface area is 440 Å². The first-order valence-electron chi connectivity index (χ1n) is 25.5. The van der Waals surface area contributed by atoms with Gasteiger partial charge in [0.15, 0.2) is 11.6 Å². The Hall–Kier alpha value is -5.38. The number of nitrogens with one attached hydrogen (secondary N) is 3. The number of hydrogen-bond acceptors (Lipinski definition) is 14. The van der Waals surface area contributed by atoms with Crippen LogP contribution in [0.4, 0.5) is 28.8 Å². The Morgan fingerprint density at radius 3 is 2.29 bits per heavy atom. The van der Waals surface area contributed by atoms with Gasteiger partial charge >= 0.3 is 0 Å². The number of rotatable bonds is 22. The van der Waals surface area contributed by atoms with Crippen LogP contribution in [0.15, 0.2) is 78.4 Å². The fourth-order valence-electron chi connectivity index (χ4n) is 9.68. The lowest BCUT2D eigenvalue weighted by Gasteiger charge is -2.36. The van der Waals surface area contributed by atoms with E-state index >= 15 is 0 Å². The minimum absolute atomic E-state index is 0.0561. The second kappa shape index (κ2) is 24.8. The van der Waals surface area contributed by atoms with E-state index in [9.17, 15) is 24.1 Å². The summed E-state index contributed by atoms with van der Waals surface area (Å²) < 4.78 is 18.7. The lowest BCUT2D eigenvalue weighted by atomic mass is 9.85. The number of carbonyl (C=O) groups is 3. The highest BCUT2D eigenvalue weighted by molar-refractivity contribution is 7.70.